The van der Waals surface area contributed by atoms with Crippen molar-refractivity contribution in [3.63, 3.8) is 0 Å². The molecule has 78 valence electrons. The normalized spacial score (nSPS) is 12.7. The Bertz CT molecular complexity index is 460. The zero-order valence-electron chi connectivity index (χ0n) is 7.52. The highest BCUT2D eigenvalue weighted by atomic mass is 79.9. The molecule has 1 aromatic carbocycles. The zero-order chi connectivity index (χ0) is 10.8. The summed E-state index contributed by atoms with van der Waals surface area (Å²) in [7, 11) is 0. The van der Waals surface area contributed by atoms with Crippen LogP contribution in [0.5, 0.6) is 0 Å². The molecule has 1 aromatic heterocycles. The second-order valence-corrected chi connectivity index (χ2v) is 3.79. The summed E-state index contributed by atoms with van der Waals surface area (Å²) in [5.41, 5.74) is 6.43. The molecular formula is C9H7BrFN3O. The minimum atomic E-state index is -0.603. The van der Waals surface area contributed by atoms with Crippen LogP contribution in [0.15, 0.2) is 33.6 Å². The van der Waals surface area contributed by atoms with E-state index in [1.54, 1.807) is 6.07 Å². The van der Waals surface area contributed by atoms with E-state index in [9.17, 15) is 4.39 Å². The molecular weight excluding hydrogens is 265 g/mol. The van der Waals surface area contributed by atoms with E-state index in [4.69, 9.17) is 5.73 Å². The van der Waals surface area contributed by atoms with Gasteiger partial charge in [-0.3, -0.25) is 0 Å². The molecule has 2 N–H and O–H groups in total. The molecule has 0 fully saturated rings. The van der Waals surface area contributed by atoms with E-state index in [-0.39, 0.29) is 5.82 Å². The zero-order valence-corrected chi connectivity index (χ0v) is 9.11. The summed E-state index contributed by atoms with van der Waals surface area (Å²) >= 11 is 3.28. The summed E-state index contributed by atoms with van der Waals surface area (Å²) in [6.45, 7) is 0. The van der Waals surface area contributed by atoms with Crippen molar-refractivity contribution in [2.75, 3.05) is 0 Å². The van der Waals surface area contributed by atoms with E-state index in [2.05, 4.69) is 30.6 Å². The summed E-state index contributed by atoms with van der Waals surface area (Å²) < 4.78 is 18.3. The molecule has 2 aromatic rings. The van der Waals surface area contributed by atoms with Crippen molar-refractivity contribution in [1.82, 2.24) is 10.1 Å². The molecule has 1 unspecified atom stereocenters. The molecule has 4 nitrogen and oxygen atoms in total. The van der Waals surface area contributed by atoms with Gasteiger partial charge in [0.05, 0.1) is 6.04 Å². The van der Waals surface area contributed by atoms with E-state index in [1.807, 2.05) is 0 Å². The molecule has 1 heterocycles. The van der Waals surface area contributed by atoms with Crippen molar-refractivity contribution in [3.05, 3.63) is 46.3 Å². The van der Waals surface area contributed by atoms with Gasteiger partial charge in [-0.2, -0.15) is 4.98 Å². The molecule has 6 heteroatoms. The second-order valence-electron chi connectivity index (χ2n) is 2.93. The van der Waals surface area contributed by atoms with Crippen LogP contribution in [0.4, 0.5) is 4.39 Å². The Hall–Kier alpha value is -1.27. The molecule has 1 atom stereocenters. The third-order valence-electron chi connectivity index (χ3n) is 1.95. The largest absolute Gasteiger partial charge is 0.343 e. The van der Waals surface area contributed by atoms with Gasteiger partial charge in [0.15, 0.2) is 5.82 Å². The van der Waals surface area contributed by atoms with Gasteiger partial charge in [0.25, 0.3) is 0 Å². The van der Waals surface area contributed by atoms with Gasteiger partial charge in [-0.15, -0.1) is 0 Å². The number of hydrogen-bond acceptors (Lipinski definition) is 4. The summed E-state index contributed by atoms with van der Waals surface area (Å²) in [5.74, 6) is -0.0338. The average Bonchev–Trinajstić information content (AvgIpc) is 2.74. The SMILES string of the molecule is NC(c1ncon1)c1cc(F)ccc1Br. The predicted molar refractivity (Wildman–Crippen MR) is 54.4 cm³/mol. The third kappa shape index (κ3) is 2.05. The van der Waals surface area contributed by atoms with Crippen LogP contribution in [-0.4, -0.2) is 10.1 Å². The minimum absolute atomic E-state index is 0.321. The first-order valence-corrected chi connectivity index (χ1v) is 4.94. The summed E-state index contributed by atoms with van der Waals surface area (Å²) in [4.78, 5) is 3.82. The fraction of sp³-hybridized carbons (Fsp3) is 0.111. The van der Waals surface area contributed by atoms with Crippen molar-refractivity contribution in [1.29, 1.82) is 0 Å². The molecule has 0 saturated carbocycles. The van der Waals surface area contributed by atoms with Crippen molar-refractivity contribution in [2.45, 2.75) is 6.04 Å². The van der Waals surface area contributed by atoms with Crippen molar-refractivity contribution >= 4 is 15.9 Å². The van der Waals surface area contributed by atoms with Crippen LogP contribution < -0.4 is 5.73 Å². The lowest BCUT2D eigenvalue weighted by Crippen LogP contribution is -2.14. The highest BCUT2D eigenvalue weighted by Gasteiger charge is 2.16. The number of hydrogen-bond donors (Lipinski definition) is 1. The molecule has 0 saturated heterocycles. The monoisotopic (exact) mass is 271 g/mol. The standard InChI is InChI=1S/C9H7BrFN3O/c10-7-2-1-5(11)3-6(7)8(12)9-13-4-15-14-9/h1-4,8H,12H2. The van der Waals surface area contributed by atoms with E-state index in [0.717, 1.165) is 0 Å². The Balaban J connectivity index is 2.41. The topological polar surface area (TPSA) is 64.9 Å². The first-order chi connectivity index (χ1) is 7.18. The Morgan fingerprint density at radius 1 is 1.47 bits per heavy atom. The van der Waals surface area contributed by atoms with E-state index in [0.29, 0.717) is 15.9 Å². The van der Waals surface area contributed by atoms with Crippen molar-refractivity contribution < 1.29 is 8.91 Å². The minimum Gasteiger partial charge on any atom is -0.343 e. The number of benzene rings is 1. The molecule has 0 radical (unpaired) electrons. The Morgan fingerprint density at radius 2 is 2.27 bits per heavy atom. The molecule has 15 heavy (non-hydrogen) atoms. The maximum absolute atomic E-state index is 13.0. The second kappa shape index (κ2) is 4.08. The number of aromatic nitrogens is 2. The van der Waals surface area contributed by atoms with Crippen LogP contribution in [-0.2, 0) is 0 Å². The molecule has 2 rings (SSSR count). The van der Waals surface area contributed by atoms with Crippen LogP contribution in [0.3, 0.4) is 0 Å². The maximum Gasteiger partial charge on any atom is 0.213 e. The smallest absolute Gasteiger partial charge is 0.213 e. The molecule has 0 bridgehead atoms. The Morgan fingerprint density at radius 3 is 2.93 bits per heavy atom. The third-order valence-corrected chi connectivity index (χ3v) is 2.67. The average molecular weight is 272 g/mol. The molecule has 0 spiro atoms. The predicted octanol–water partition coefficient (Wildman–Crippen LogP) is 2.02. The Kier molecular flexibility index (Phi) is 2.79. The molecule has 0 amide bonds. The van der Waals surface area contributed by atoms with Gasteiger partial charge in [0, 0.05) is 4.47 Å². The van der Waals surface area contributed by atoms with Gasteiger partial charge >= 0.3 is 0 Å². The highest BCUT2D eigenvalue weighted by molar-refractivity contribution is 9.10. The van der Waals surface area contributed by atoms with Gasteiger partial charge in [-0.05, 0) is 23.8 Å². The quantitative estimate of drug-likeness (QED) is 0.908. The summed E-state index contributed by atoms with van der Waals surface area (Å²) in [6, 6.07) is 3.67. The lowest BCUT2D eigenvalue weighted by molar-refractivity contribution is 0.407. The van der Waals surface area contributed by atoms with Crippen molar-refractivity contribution in [2.24, 2.45) is 5.73 Å². The fourth-order valence-corrected chi connectivity index (χ4v) is 1.70. The molecule has 0 aliphatic carbocycles. The number of halogens is 2. The molecule has 0 aliphatic rings. The van der Waals surface area contributed by atoms with Crippen LogP contribution in [0.25, 0.3) is 0 Å². The fourth-order valence-electron chi connectivity index (χ4n) is 1.21. The summed E-state index contributed by atoms with van der Waals surface area (Å²) in [6.07, 6.45) is 1.18. The highest BCUT2D eigenvalue weighted by Crippen LogP contribution is 2.25. The lowest BCUT2D eigenvalue weighted by atomic mass is 10.1. The van der Waals surface area contributed by atoms with Gasteiger partial charge in [-0.25, -0.2) is 4.39 Å². The van der Waals surface area contributed by atoms with Gasteiger partial charge < -0.3 is 10.3 Å². The van der Waals surface area contributed by atoms with Crippen LogP contribution >= 0.6 is 15.9 Å². The van der Waals surface area contributed by atoms with Crippen LogP contribution in [0.1, 0.15) is 17.4 Å². The van der Waals surface area contributed by atoms with Gasteiger partial charge in [0.1, 0.15) is 5.82 Å². The van der Waals surface area contributed by atoms with Gasteiger partial charge in [0.2, 0.25) is 6.39 Å². The van der Waals surface area contributed by atoms with Crippen LogP contribution in [0, 0.1) is 5.82 Å². The summed E-state index contributed by atoms with van der Waals surface area (Å²) in [5, 5.41) is 3.61. The first kappa shape index (κ1) is 10.3. The lowest BCUT2D eigenvalue weighted by Gasteiger charge is -2.09. The van der Waals surface area contributed by atoms with E-state index < -0.39 is 6.04 Å². The number of rotatable bonds is 2. The number of nitrogens with two attached hydrogens (primary N) is 1. The molecule has 0 aliphatic heterocycles. The Labute approximate surface area is 93.4 Å². The van der Waals surface area contributed by atoms with E-state index >= 15 is 0 Å². The first-order valence-electron chi connectivity index (χ1n) is 4.15. The number of nitrogens with zero attached hydrogens (tertiary/aromatic N) is 2. The van der Waals surface area contributed by atoms with Gasteiger partial charge in [-0.1, -0.05) is 21.1 Å². The maximum atomic E-state index is 13.0. The van der Waals surface area contributed by atoms with E-state index in [1.165, 1.54) is 18.5 Å². The van der Waals surface area contributed by atoms with Crippen LogP contribution in [0.2, 0.25) is 0 Å². The van der Waals surface area contributed by atoms with Crippen molar-refractivity contribution in [3.8, 4) is 0 Å².